The second-order valence-electron chi connectivity index (χ2n) is 10.9. The Morgan fingerprint density at radius 3 is 2.69 bits per heavy atom. The molecule has 0 saturated carbocycles. The molecule has 9 nitrogen and oxygen atoms in total. The number of nitrogens with zero attached hydrogens (tertiary/aromatic N) is 4. The summed E-state index contributed by atoms with van der Waals surface area (Å²) < 4.78 is 7.28. The molecule has 3 heterocycles. The molecule has 1 aliphatic heterocycles. The van der Waals surface area contributed by atoms with E-state index in [1.165, 1.54) is 7.11 Å². The van der Waals surface area contributed by atoms with Gasteiger partial charge in [0.25, 0.3) is 0 Å². The number of benzene rings is 3. The zero-order chi connectivity index (χ0) is 31.5. The molecule has 1 amide bonds. The van der Waals surface area contributed by atoms with Gasteiger partial charge in [-0.15, -0.1) is 5.10 Å². The van der Waals surface area contributed by atoms with Crippen LogP contribution in [-0.2, 0) is 20.7 Å². The zero-order valence-corrected chi connectivity index (χ0v) is 25.9. The van der Waals surface area contributed by atoms with E-state index in [0.29, 0.717) is 52.5 Å². The largest absolute Gasteiger partial charge is 0.618 e. The van der Waals surface area contributed by atoms with Crippen molar-refractivity contribution in [1.29, 1.82) is 0 Å². The molecular formula is C34H29Cl2N5O4. The lowest BCUT2D eigenvalue weighted by molar-refractivity contribution is -0.614. The predicted molar refractivity (Wildman–Crippen MR) is 172 cm³/mol. The van der Waals surface area contributed by atoms with Crippen molar-refractivity contribution >= 4 is 40.8 Å². The fourth-order valence-electron chi connectivity index (χ4n) is 5.77. The van der Waals surface area contributed by atoms with Gasteiger partial charge in [0.1, 0.15) is 0 Å². The third kappa shape index (κ3) is 6.69. The number of amides is 1. The van der Waals surface area contributed by atoms with Crippen LogP contribution in [0.4, 0.5) is 5.69 Å². The number of pyridine rings is 1. The van der Waals surface area contributed by atoms with Crippen molar-refractivity contribution in [3.05, 3.63) is 117 Å². The zero-order valence-electron chi connectivity index (χ0n) is 24.4. The van der Waals surface area contributed by atoms with Crippen LogP contribution in [0.15, 0.2) is 85.2 Å². The summed E-state index contributed by atoms with van der Waals surface area (Å²) in [5.41, 5.74) is 6.71. The Morgan fingerprint density at radius 1 is 1.04 bits per heavy atom. The lowest BCUT2D eigenvalue weighted by Crippen LogP contribution is -2.33. The topological polar surface area (TPSA) is 113 Å². The number of aromatic nitrogens is 4. The number of nitrogens with one attached hydrogen (secondary N) is 1. The van der Waals surface area contributed by atoms with Crippen molar-refractivity contribution in [3.63, 3.8) is 0 Å². The summed E-state index contributed by atoms with van der Waals surface area (Å²) in [6, 6.07) is 22.7. The van der Waals surface area contributed by atoms with Crippen LogP contribution in [0.1, 0.15) is 48.4 Å². The van der Waals surface area contributed by atoms with Gasteiger partial charge in [-0.2, -0.15) is 4.73 Å². The molecule has 45 heavy (non-hydrogen) atoms. The van der Waals surface area contributed by atoms with Crippen LogP contribution in [0.25, 0.3) is 27.9 Å². The van der Waals surface area contributed by atoms with Gasteiger partial charge in [0.15, 0.2) is 17.0 Å². The van der Waals surface area contributed by atoms with E-state index >= 15 is 0 Å². The van der Waals surface area contributed by atoms with Crippen LogP contribution >= 0.6 is 23.2 Å². The van der Waals surface area contributed by atoms with Gasteiger partial charge in [0.05, 0.1) is 31.3 Å². The molecule has 0 aliphatic carbocycles. The van der Waals surface area contributed by atoms with Crippen molar-refractivity contribution in [3.8, 4) is 27.9 Å². The molecule has 1 aliphatic rings. The molecule has 228 valence electrons. The van der Waals surface area contributed by atoms with Gasteiger partial charge in [-0.05, 0) is 59.9 Å². The maximum atomic E-state index is 13.7. The fraction of sp³-hybridized carbons (Fsp3) is 0.206. The highest BCUT2D eigenvalue weighted by Crippen LogP contribution is 2.36. The van der Waals surface area contributed by atoms with Crippen molar-refractivity contribution in [2.24, 2.45) is 0 Å². The van der Waals surface area contributed by atoms with Crippen molar-refractivity contribution in [1.82, 2.24) is 15.0 Å². The second kappa shape index (κ2) is 13.1. The minimum atomic E-state index is -0.356. The van der Waals surface area contributed by atoms with E-state index in [9.17, 15) is 14.8 Å². The lowest BCUT2D eigenvalue weighted by atomic mass is 9.87. The number of hydrogen-bond acceptors (Lipinski definition) is 6. The first kappa shape index (κ1) is 30.3. The van der Waals surface area contributed by atoms with Crippen LogP contribution in [0.2, 0.25) is 10.2 Å². The van der Waals surface area contributed by atoms with Crippen LogP contribution < -0.4 is 10.0 Å². The SMILES string of the molecule is COC(=O)Cc1ccc2c(c1)NC(=O)CCCC[C@H](c1ccc(-c3cc(Cl)ccc3-n3cc(Cl)nn3)c[n+]1[O-])c1cccc-2c1. The highest BCUT2D eigenvalue weighted by molar-refractivity contribution is 6.31. The number of esters is 1. The van der Waals surface area contributed by atoms with Crippen molar-refractivity contribution in [2.75, 3.05) is 12.4 Å². The smallest absolute Gasteiger partial charge is 0.309 e. The number of halogens is 2. The molecule has 0 radical (unpaired) electrons. The Labute approximate surface area is 270 Å². The molecule has 1 N–H and O–H groups in total. The van der Waals surface area contributed by atoms with Gasteiger partial charge in [-0.1, -0.05) is 71.2 Å². The van der Waals surface area contributed by atoms with E-state index in [4.69, 9.17) is 27.9 Å². The molecule has 0 saturated heterocycles. The summed E-state index contributed by atoms with van der Waals surface area (Å²) in [7, 11) is 1.35. The fourth-order valence-corrected chi connectivity index (χ4v) is 6.07. The van der Waals surface area contributed by atoms with Crippen LogP contribution in [0.3, 0.4) is 0 Å². The van der Waals surface area contributed by atoms with Gasteiger partial charge < -0.3 is 15.3 Å². The number of carbonyl (C=O) groups is 2. The Hall–Kier alpha value is -4.73. The maximum Gasteiger partial charge on any atom is 0.309 e. The highest BCUT2D eigenvalue weighted by Gasteiger charge is 2.25. The number of rotatable bonds is 5. The molecule has 0 unspecified atom stereocenters. The molecule has 0 fully saturated rings. The summed E-state index contributed by atoms with van der Waals surface area (Å²) in [4.78, 5) is 24.8. The van der Waals surface area contributed by atoms with E-state index in [1.807, 2.05) is 48.5 Å². The molecular weight excluding hydrogens is 613 g/mol. The standard InChI is InChI=1S/C34H29Cl2N5O4/c1-45-34(43)16-21-9-12-26-22-5-4-6-23(17-22)27(7-2-3-8-33(42)37-29(26)15-21)31-13-10-24(19-41(31)44)28-18-25(35)11-14-30(28)40-20-32(36)38-39-40/h4-6,9-15,17-20,27H,2-3,7-8,16H2,1H3,(H,37,42)/t27-/m0/s1. The number of anilines is 1. The van der Waals surface area contributed by atoms with E-state index in [2.05, 4.69) is 21.7 Å². The van der Waals surface area contributed by atoms with Gasteiger partial charge in [0.2, 0.25) is 5.91 Å². The number of methoxy groups -OCH3 is 1. The Balaban J connectivity index is 1.39. The summed E-state index contributed by atoms with van der Waals surface area (Å²) in [5, 5.41) is 25.5. The van der Waals surface area contributed by atoms with E-state index in [1.54, 1.807) is 35.3 Å². The Morgan fingerprint density at radius 2 is 1.91 bits per heavy atom. The summed E-state index contributed by atoms with van der Waals surface area (Å²) in [5.74, 6) is -0.673. The van der Waals surface area contributed by atoms with Crippen LogP contribution in [0.5, 0.6) is 0 Å². The Kier molecular flexibility index (Phi) is 8.82. The van der Waals surface area contributed by atoms with Crippen LogP contribution in [-0.4, -0.2) is 34.0 Å². The number of ether oxygens (including phenoxy) is 1. The molecule has 2 bridgehead atoms. The second-order valence-corrected chi connectivity index (χ2v) is 11.7. The molecule has 5 aromatic rings. The molecule has 1 atom stereocenters. The van der Waals surface area contributed by atoms with Gasteiger partial charge in [-0.3, -0.25) is 9.59 Å². The van der Waals surface area contributed by atoms with Gasteiger partial charge in [-0.25, -0.2) is 4.68 Å². The quantitative estimate of drug-likeness (QED) is 0.127. The molecule has 0 spiro atoms. The average molecular weight is 643 g/mol. The number of fused-ring (bicyclic) bond motifs is 4. The first-order chi connectivity index (χ1) is 21.8. The highest BCUT2D eigenvalue weighted by atomic mass is 35.5. The number of hydrogen-bond donors (Lipinski definition) is 1. The van der Waals surface area contributed by atoms with Crippen LogP contribution in [0, 0.1) is 5.21 Å². The van der Waals surface area contributed by atoms with E-state index < -0.39 is 0 Å². The third-order valence-electron chi connectivity index (χ3n) is 7.96. The maximum absolute atomic E-state index is 13.7. The van der Waals surface area contributed by atoms with E-state index in [-0.39, 0.29) is 29.4 Å². The van der Waals surface area contributed by atoms with Gasteiger partial charge in [0, 0.05) is 39.9 Å². The summed E-state index contributed by atoms with van der Waals surface area (Å²) >= 11 is 12.4. The summed E-state index contributed by atoms with van der Waals surface area (Å²) in [6.07, 6.45) is 5.65. The van der Waals surface area contributed by atoms with Crippen molar-refractivity contribution < 1.29 is 19.1 Å². The summed E-state index contributed by atoms with van der Waals surface area (Å²) in [6.45, 7) is 0. The normalized spacial score (nSPS) is 14.9. The molecule has 3 aromatic carbocycles. The van der Waals surface area contributed by atoms with Gasteiger partial charge >= 0.3 is 5.97 Å². The first-order valence-corrected chi connectivity index (χ1v) is 15.3. The first-order valence-electron chi connectivity index (χ1n) is 14.5. The van der Waals surface area contributed by atoms with E-state index in [0.717, 1.165) is 33.4 Å². The predicted octanol–water partition coefficient (Wildman–Crippen LogP) is 6.90. The third-order valence-corrected chi connectivity index (χ3v) is 8.37. The average Bonchev–Trinajstić information content (AvgIpc) is 3.47. The lowest BCUT2D eigenvalue weighted by Gasteiger charge is -2.20. The minimum absolute atomic E-state index is 0.102. The van der Waals surface area contributed by atoms with Crippen molar-refractivity contribution in [2.45, 2.75) is 38.0 Å². The Bertz CT molecular complexity index is 1910. The molecule has 6 rings (SSSR count). The molecule has 11 heteroatoms. The molecule has 2 aromatic heterocycles. The number of carbonyl (C=O) groups excluding carboxylic acids is 2. The minimum Gasteiger partial charge on any atom is -0.618 e. The monoisotopic (exact) mass is 641 g/mol.